The SMILES string of the molecule is Cc1ccccc1OCc1nc(CCN)cc(=O)[nH]1. The van der Waals surface area contributed by atoms with Gasteiger partial charge in [-0.25, -0.2) is 4.98 Å². The maximum Gasteiger partial charge on any atom is 0.251 e. The summed E-state index contributed by atoms with van der Waals surface area (Å²) in [6, 6.07) is 9.17. The number of aromatic amines is 1. The Labute approximate surface area is 111 Å². The number of ether oxygens (including phenoxy) is 1. The van der Waals surface area contributed by atoms with Crippen LogP contribution in [0.4, 0.5) is 0 Å². The molecule has 0 bridgehead atoms. The zero-order chi connectivity index (χ0) is 13.7. The van der Waals surface area contributed by atoms with E-state index in [1.54, 1.807) is 0 Å². The van der Waals surface area contributed by atoms with E-state index in [0.29, 0.717) is 24.5 Å². The molecule has 0 aliphatic carbocycles. The van der Waals surface area contributed by atoms with Crippen molar-refractivity contribution in [3.05, 3.63) is 57.8 Å². The van der Waals surface area contributed by atoms with Gasteiger partial charge in [0, 0.05) is 18.2 Å². The van der Waals surface area contributed by atoms with Gasteiger partial charge in [-0.2, -0.15) is 0 Å². The quantitative estimate of drug-likeness (QED) is 0.844. The van der Waals surface area contributed by atoms with E-state index >= 15 is 0 Å². The third kappa shape index (κ3) is 3.66. The van der Waals surface area contributed by atoms with Crippen molar-refractivity contribution in [2.45, 2.75) is 20.0 Å². The molecule has 0 atom stereocenters. The van der Waals surface area contributed by atoms with E-state index in [0.717, 1.165) is 11.3 Å². The second kappa shape index (κ2) is 6.15. The molecule has 0 radical (unpaired) electrons. The number of aryl methyl sites for hydroxylation is 1. The molecule has 0 saturated heterocycles. The number of hydrogen-bond acceptors (Lipinski definition) is 4. The molecule has 3 N–H and O–H groups in total. The van der Waals surface area contributed by atoms with Gasteiger partial charge in [0.05, 0.1) is 0 Å². The Kier molecular flexibility index (Phi) is 4.30. The summed E-state index contributed by atoms with van der Waals surface area (Å²) in [6.45, 7) is 2.67. The first-order valence-corrected chi connectivity index (χ1v) is 6.16. The fourth-order valence-corrected chi connectivity index (χ4v) is 1.77. The van der Waals surface area contributed by atoms with Crippen molar-refractivity contribution in [1.29, 1.82) is 0 Å². The predicted octanol–water partition coefficient (Wildman–Crippen LogP) is 1.16. The molecular formula is C14H17N3O2. The van der Waals surface area contributed by atoms with Gasteiger partial charge in [0.15, 0.2) is 0 Å². The number of nitrogens with one attached hydrogen (secondary N) is 1. The Morgan fingerprint density at radius 3 is 2.89 bits per heavy atom. The van der Waals surface area contributed by atoms with Crippen LogP contribution >= 0.6 is 0 Å². The standard InChI is InChI=1S/C14H17N3O2/c1-10-4-2-3-5-12(10)19-9-13-16-11(6-7-15)8-14(18)17-13/h2-5,8H,6-7,9,15H2,1H3,(H,16,17,18). The fraction of sp³-hybridized carbons (Fsp3) is 0.286. The highest BCUT2D eigenvalue weighted by Crippen LogP contribution is 2.16. The molecule has 0 amide bonds. The van der Waals surface area contributed by atoms with Gasteiger partial charge in [0.2, 0.25) is 0 Å². The number of nitrogens with two attached hydrogens (primary N) is 1. The number of H-pyrrole nitrogens is 1. The molecule has 2 aromatic rings. The van der Waals surface area contributed by atoms with Crippen LogP contribution in [-0.2, 0) is 13.0 Å². The number of benzene rings is 1. The molecule has 100 valence electrons. The van der Waals surface area contributed by atoms with Crippen LogP contribution in [0.1, 0.15) is 17.1 Å². The lowest BCUT2D eigenvalue weighted by atomic mass is 10.2. The molecule has 0 fully saturated rings. The molecule has 1 aromatic carbocycles. The molecule has 5 heteroatoms. The molecule has 0 spiro atoms. The monoisotopic (exact) mass is 259 g/mol. The minimum absolute atomic E-state index is 0.179. The lowest BCUT2D eigenvalue weighted by molar-refractivity contribution is 0.293. The van der Waals surface area contributed by atoms with Crippen LogP contribution in [0.15, 0.2) is 35.1 Å². The zero-order valence-corrected chi connectivity index (χ0v) is 10.8. The van der Waals surface area contributed by atoms with Crippen molar-refractivity contribution in [3.8, 4) is 5.75 Å². The summed E-state index contributed by atoms with van der Waals surface area (Å²) in [5.74, 6) is 1.30. The molecular weight excluding hydrogens is 242 g/mol. The van der Waals surface area contributed by atoms with E-state index < -0.39 is 0 Å². The molecule has 0 aliphatic rings. The van der Waals surface area contributed by atoms with Crippen LogP contribution in [0.2, 0.25) is 0 Å². The van der Waals surface area contributed by atoms with E-state index in [-0.39, 0.29) is 12.2 Å². The summed E-state index contributed by atoms with van der Waals surface area (Å²) < 4.78 is 5.65. The van der Waals surface area contributed by atoms with Gasteiger partial charge < -0.3 is 15.5 Å². The van der Waals surface area contributed by atoms with Crippen LogP contribution in [0.25, 0.3) is 0 Å². The number of rotatable bonds is 5. The van der Waals surface area contributed by atoms with Gasteiger partial charge in [0.1, 0.15) is 18.2 Å². The van der Waals surface area contributed by atoms with Gasteiger partial charge in [-0.1, -0.05) is 18.2 Å². The van der Waals surface area contributed by atoms with Gasteiger partial charge >= 0.3 is 0 Å². The molecule has 2 rings (SSSR count). The Morgan fingerprint density at radius 2 is 2.16 bits per heavy atom. The van der Waals surface area contributed by atoms with E-state index in [4.69, 9.17) is 10.5 Å². The van der Waals surface area contributed by atoms with E-state index in [1.165, 1.54) is 6.07 Å². The second-order valence-corrected chi connectivity index (χ2v) is 4.28. The Hall–Kier alpha value is -2.14. The minimum Gasteiger partial charge on any atom is -0.485 e. The summed E-state index contributed by atoms with van der Waals surface area (Å²) in [6.07, 6.45) is 0.585. The first-order chi connectivity index (χ1) is 9.19. The van der Waals surface area contributed by atoms with Crippen LogP contribution < -0.4 is 16.0 Å². The van der Waals surface area contributed by atoms with Crippen molar-refractivity contribution in [2.75, 3.05) is 6.54 Å². The van der Waals surface area contributed by atoms with Crippen molar-refractivity contribution < 1.29 is 4.74 Å². The molecule has 0 aliphatic heterocycles. The molecule has 0 saturated carbocycles. The lowest BCUT2D eigenvalue weighted by Gasteiger charge is -2.08. The Bertz CT molecular complexity index is 608. The zero-order valence-electron chi connectivity index (χ0n) is 10.8. The summed E-state index contributed by atoms with van der Waals surface area (Å²) >= 11 is 0. The summed E-state index contributed by atoms with van der Waals surface area (Å²) in [7, 11) is 0. The Balaban J connectivity index is 2.11. The van der Waals surface area contributed by atoms with Gasteiger partial charge in [0.25, 0.3) is 5.56 Å². The van der Waals surface area contributed by atoms with Crippen LogP contribution in [0.5, 0.6) is 5.75 Å². The predicted molar refractivity (Wildman–Crippen MR) is 73.1 cm³/mol. The number of para-hydroxylation sites is 1. The Morgan fingerprint density at radius 1 is 1.37 bits per heavy atom. The second-order valence-electron chi connectivity index (χ2n) is 4.28. The van der Waals surface area contributed by atoms with Gasteiger partial charge in [-0.3, -0.25) is 4.79 Å². The van der Waals surface area contributed by atoms with E-state index in [2.05, 4.69) is 9.97 Å². The van der Waals surface area contributed by atoms with Crippen molar-refractivity contribution in [1.82, 2.24) is 9.97 Å². The number of aromatic nitrogens is 2. The minimum atomic E-state index is -0.179. The van der Waals surface area contributed by atoms with Crippen LogP contribution in [-0.4, -0.2) is 16.5 Å². The summed E-state index contributed by atoms with van der Waals surface area (Å²) in [4.78, 5) is 18.4. The van der Waals surface area contributed by atoms with Gasteiger partial charge in [-0.05, 0) is 25.1 Å². The maximum atomic E-state index is 11.5. The normalized spacial score (nSPS) is 10.4. The molecule has 5 nitrogen and oxygen atoms in total. The van der Waals surface area contributed by atoms with E-state index in [1.807, 2.05) is 31.2 Å². The summed E-state index contributed by atoms with van der Waals surface area (Å²) in [5, 5.41) is 0. The highest BCUT2D eigenvalue weighted by Gasteiger charge is 2.03. The van der Waals surface area contributed by atoms with E-state index in [9.17, 15) is 4.79 Å². The molecule has 1 heterocycles. The largest absolute Gasteiger partial charge is 0.485 e. The average Bonchev–Trinajstić information content (AvgIpc) is 2.37. The molecule has 19 heavy (non-hydrogen) atoms. The smallest absolute Gasteiger partial charge is 0.251 e. The van der Waals surface area contributed by atoms with Crippen LogP contribution in [0, 0.1) is 6.92 Å². The highest BCUT2D eigenvalue weighted by atomic mass is 16.5. The number of hydrogen-bond donors (Lipinski definition) is 2. The fourth-order valence-electron chi connectivity index (χ4n) is 1.77. The van der Waals surface area contributed by atoms with Crippen LogP contribution in [0.3, 0.4) is 0 Å². The van der Waals surface area contributed by atoms with Gasteiger partial charge in [-0.15, -0.1) is 0 Å². The molecule has 1 aromatic heterocycles. The first kappa shape index (κ1) is 13.3. The third-order valence-electron chi connectivity index (χ3n) is 2.70. The topological polar surface area (TPSA) is 81.0 Å². The highest BCUT2D eigenvalue weighted by molar-refractivity contribution is 5.31. The van der Waals surface area contributed by atoms with Crippen molar-refractivity contribution in [3.63, 3.8) is 0 Å². The lowest BCUT2D eigenvalue weighted by Crippen LogP contribution is -2.16. The third-order valence-corrected chi connectivity index (χ3v) is 2.70. The molecule has 0 unspecified atom stereocenters. The number of nitrogens with zero attached hydrogens (tertiary/aromatic N) is 1. The first-order valence-electron chi connectivity index (χ1n) is 6.16. The maximum absolute atomic E-state index is 11.5. The van der Waals surface area contributed by atoms with Crippen molar-refractivity contribution >= 4 is 0 Å². The average molecular weight is 259 g/mol. The van der Waals surface area contributed by atoms with Crippen molar-refractivity contribution in [2.24, 2.45) is 5.73 Å². The summed E-state index contributed by atoms with van der Waals surface area (Å²) in [5.41, 5.74) is 7.02.